The number of rotatable bonds is 4. The first-order valence-electron chi connectivity index (χ1n) is 7.89. The Morgan fingerprint density at radius 1 is 1.00 bits per heavy atom. The summed E-state index contributed by atoms with van der Waals surface area (Å²) in [5, 5.41) is 15.6. The minimum atomic E-state index is 0.432. The monoisotopic (exact) mass is 351 g/mol. The average molecular weight is 352 g/mol. The van der Waals surface area contributed by atoms with Crippen molar-refractivity contribution in [2.24, 2.45) is 0 Å². The van der Waals surface area contributed by atoms with Crippen LogP contribution in [0.2, 0.25) is 10.0 Å². The number of benzene rings is 1. The van der Waals surface area contributed by atoms with Crippen LogP contribution in [0.5, 0.6) is 0 Å². The van der Waals surface area contributed by atoms with Crippen molar-refractivity contribution in [1.82, 2.24) is 15.2 Å². The molecular weight excluding hydrogens is 333 g/mol. The normalized spacial score (nSPS) is 15.9. The minimum absolute atomic E-state index is 0.432. The van der Waals surface area contributed by atoms with Gasteiger partial charge in [0.05, 0.1) is 16.2 Å². The van der Waals surface area contributed by atoms with E-state index in [1.807, 2.05) is 6.07 Å². The van der Waals surface area contributed by atoms with E-state index >= 15 is 0 Å². The molecule has 0 bridgehead atoms. The van der Waals surface area contributed by atoms with E-state index in [0.29, 0.717) is 22.0 Å². The smallest absolute Gasteiger partial charge is 0.249 e. The van der Waals surface area contributed by atoms with Crippen LogP contribution in [0.25, 0.3) is 0 Å². The molecule has 0 radical (unpaired) electrons. The first-order chi connectivity index (χ1) is 11.2. The van der Waals surface area contributed by atoms with E-state index in [0.717, 1.165) is 11.5 Å². The molecular formula is C16H19Cl2N5. The number of hydrogen-bond acceptors (Lipinski definition) is 5. The molecule has 1 saturated carbocycles. The quantitative estimate of drug-likeness (QED) is 0.754. The third-order valence-corrected chi connectivity index (χ3v) is 4.68. The van der Waals surface area contributed by atoms with Gasteiger partial charge in [-0.15, -0.1) is 5.10 Å². The molecule has 1 aromatic carbocycles. The van der Waals surface area contributed by atoms with Crippen LogP contribution in [0.15, 0.2) is 24.4 Å². The molecule has 2 aromatic rings. The Bertz CT molecular complexity index is 657. The summed E-state index contributed by atoms with van der Waals surface area (Å²) in [4.78, 5) is 4.47. The molecule has 1 aromatic heterocycles. The molecule has 23 heavy (non-hydrogen) atoms. The molecule has 0 spiro atoms. The number of anilines is 3. The lowest BCUT2D eigenvalue weighted by atomic mass is 10.1. The van der Waals surface area contributed by atoms with Crippen molar-refractivity contribution in [3.8, 4) is 0 Å². The van der Waals surface area contributed by atoms with Gasteiger partial charge in [0, 0.05) is 11.7 Å². The number of nitrogens with one attached hydrogen (secondary N) is 2. The van der Waals surface area contributed by atoms with Crippen LogP contribution in [0.3, 0.4) is 0 Å². The Morgan fingerprint density at radius 3 is 2.52 bits per heavy atom. The van der Waals surface area contributed by atoms with E-state index in [1.54, 1.807) is 18.3 Å². The van der Waals surface area contributed by atoms with E-state index in [2.05, 4.69) is 25.8 Å². The summed E-state index contributed by atoms with van der Waals surface area (Å²) in [5.74, 6) is 1.18. The number of aromatic nitrogens is 3. The molecule has 7 heteroatoms. The van der Waals surface area contributed by atoms with Crippen LogP contribution in [-0.4, -0.2) is 21.2 Å². The summed E-state index contributed by atoms with van der Waals surface area (Å²) in [6.45, 7) is 0. The van der Waals surface area contributed by atoms with Gasteiger partial charge >= 0.3 is 0 Å². The van der Waals surface area contributed by atoms with Crippen LogP contribution >= 0.6 is 23.2 Å². The lowest BCUT2D eigenvalue weighted by Crippen LogP contribution is -2.19. The lowest BCUT2D eigenvalue weighted by molar-refractivity contribution is 0.617. The summed E-state index contributed by atoms with van der Waals surface area (Å²) >= 11 is 11.9. The van der Waals surface area contributed by atoms with Gasteiger partial charge in [0.15, 0.2) is 5.82 Å². The summed E-state index contributed by atoms with van der Waals surface area (Å²) in [6.07, 6.45) is 9.20. The van der Waals surface area contributed by atoms with Gasteiger partial charge < -0.3 is 10.6 Å². The summed E-state index contributed by atoms with van der Waals surface area (Å²) in [6, 6.07) is 5.75. The molecule has 3 rings (SSSR count). The van der Waals surface area contributed by atoms with Gasteiger partial charge in [0.25, 0.3) is 0 Å². The zero-order valence-corrected chi connectivity index (χ0v) is 14.2. The molecule has 5 nitrogen and oxygen atoms in total. The fourth-order valence-corrected chi connectivity index (χ4v) is 3.06. The molecule has 0 saturated heterocycles. The molecule has 0 unspecified atom stereocenters. The lowest BCUT2D eigenvalue weighted by Gasteiger charge is -2.16. The van der Waals surface area contributed by atoms with Crippen molar-refractivity contribution in [3.05, 3.63) is 34.4 Å². The van der Waals surface area contributed by atoms with Gasteiger partial charge in [-0.1, -0.05) is 48.9 Å². The highest BCUT2D eigenvalue weighted by atomic mass is 35.5. The van der Waals surface area contributed by atoms with Crippen molar-refractivity contribution in [2.45, 2.75) is 44.6 Å². The van der Waals surface area contributed by atoms with Crippen LogP contribution in [0.4, 0.5) is 17.5 Å². The molecule has 1 fully saturated rings. The van der Waals surface area contributed by atoms with E-state index in [1.165, 1.54) is 38.5 Å². The zero-order valence-electron chi connectivity index (χ0n) is 12.7. The SMILES string of the molecule is Clc1ccc(Nc2nncc(NC3CCCCCC3)n2)cc1Cl. The molecule has 1 aliphatic rings. The molecule has 0 amide bonds. The van der Waals surface area contributed by atoms with Gasteiger partial charge in [0.1, 0.15) is 0 Å². The topological polar surface area (TPSA) is 62.7 Å². The molecule has 122 valence electrons. The maximum atomic E-state index is 6.01. The van der Waals surface area contributed by atoms with Crippen molar-refractivity contribution in [2.75, 3.05) is 10.6 Å². The van der Waals surface area contributed by atoms with Crippen molar-refractivity contribution in [1.29, 1.82) is 0 Å². The predicted octanol–water partition coefficient (Wildman–Crippen LogP) is 5.06. The Morgan fingerprint density at radius 2 is 1.78 bits per heavy atom. The Balaban J connectivity index is 1.67. The van der Waals surface area contributed by atoms with Gasteiger partial charge in [-0.05, 0) is 31.0 Å². The highest BCUT2D eigenvalue weighted by molar-refractivity contribution is 6.42. The van der Waals surface area contributed by atoms with E-state index in [-0.39, 0.29) is 0 Å². The van der Waals surface area contributed by atoms with Crippen LogP contribution in [0, 0.1) is 0 Å². The number of nitrogens with zero attached hydrogens (tertiary/aromatic N) is 3. The Hall–Kier alpha value is -1.59. The standard InChI is InChI=1S/C16H19Cl2N5/c17-13-8-7-12(9-14(13)18)21-16-22-15(10-19-23-16)20-11-5-3-1-2-4-6-11/h7-11H,1-6H2,(H2,20,21,22,23). The van der Waals surface area contributed by atoms with Gasteiger partial charge in [-0.3, -0.25) is 0 Å². The summed E-state index contributed by atoms with van der Waals surface area (Å²) < 4.78 is 0. The molecule has 2 N–H and O–H groups in total. The highest BCUT2D eigenvalue weighted by Gasteiger charge is 2.13. The third-order valence-electron chi connectivity index (χ3n) is 3.94. The molecule has 1 aliphatic carbocycles. The average Bonchev–Trinajstić information content (AvgIpc) is 2.80. The summed E-state index contributed by atoms with van der Waals surface area (Å²) in [5.41, 5.74) is 0.771. The second-order valence-electron chi connectivity index (χ2n) is 5.75. The maximum Gasteiger partial charge on any atom is 0.249 e. The molecule has 0 atom stereocenters. The third kappa shape index (κ3) is 4.69. The van der Waals surface area contributed by atoms with E-state index in [4.69, 9.17) is 23.2 Å². The van der Waals surface area contributed by atoms with Gasteiger partial charge in [0.2, 0.25) is 5.95 Å². The van der Waals surface area contributed by atoms with Crippen molar-refractivity contribution in [3.63, 3.8) is 0 Å². The fourth-order valence-electron chi connectivity index (χ4n) is 2.76. The zero-order chi connectivity index (χ0) is 16.1. The Labute approximate surface area is 145 Å². The predicted molar refractivity (Wildman–Crippen MR) is 94.7 cm³/mol. The highest BCUT2D eigenvalue weighted by Crippen LogP contribution is 2.26. The van der Waals surface area contributed by atoms with Crippen LogP contribution in [0.1, 0.15) is 38.5 Å². The van der Waals surface area contributed by atoms with Gasteiger partial charge in [-0.2, -0.15) is 10.1 Å². The second-order valence-corrected chi connectivity index (χ2v) is 6.57. The first kappa shape index (κ1) is 16.3. The number of hydrogen-bond donors (Lipinski definition) is 2. The van der Waals surface area contributed by atoms with E-state index in [9.17, 15) is 0 Å². The van der Waals surface area contributed by atoms with Gasteiger partial charge in [-0.25, -0.2) is 0 Å². The molecule has 1 heterocycles. The summed E-state index contributed by atoms with van der Waals surface area (Å²) in [7, 11) is 0. The van der Waals surface area contributed by atoms with Crippen molar-refractivity contribution >= 4 is 40.7 Å². The van der Waals surface area contributed by atoms with Crippen LogP contribution in [-0.2, 0) is 0 Å². The Kier molecular flexibility index (Phi) is 5.51. The second kappa shape index (κ2) is 7.79. The first-order valence-corrected chi connectivity index (χ1v) is 8.64. The molecule has 0 aliphatic heterocycles. The minimum Gasteiger partial charge on any atom is -0.366 e. The number of halogens is 2. The van der Waals surface area contributed by atoms with E-state index < -0.39 is 0 Å². The fraction of sp³-hybridized carbons (Fsp3) is 0.438. The largest absolute Gasteiger partial charge is 0.366 e. The maximum absolute atomic E-state index is 6.01. The van der Waals surface area contributed by atoms with Crippen molar-refractivity contribution < 1.29 is 0 Å². The van der Waals surface area contributed by atoms with Crippen LogP contribution < -0.4 is 10.6 Å².